The van der Waals surface area contributed by atoms with E-state index in [1.54, 1.807) is 6.07 Å². The van der Waals surface area contributed by atoms with Gasteiger partial charge in [0.25, 0.3) is 0 Å². The first kappa shape index (κ1) is 20.8. The molecule has 0 atom stereocenters. The Kier molecular flexibility index (Phi) is 5.50. The van der Waals surface area contributed by atoms with Gasteiger partial charge in [-0.05, 0) is 79.6 Å². The fraction of sp³-hybridized carbons (Fsp3) is 0.714. The summed E-state index contributed by atoms with van der Waals surface area (Å²) in [4.78, 5) is 4.55. The molecule has 27 heavy (non-hydrogen) atoms. The highest BCUT2D eigenvalue weighted by molar-refractivity contribution is 6.62. The van der Waals surface area contributed by atoms with Gasteiger partial charge < -0.3 is 19.1 Å². The molecular weight excluding hydrogens is 342 g/mol. The minimum atomic E-state index is -0.525. The molecule has 1 aromatic carbocycles. The first-order valence-corrected chi connectivity index (χ1v) is 9.96. The Morgan fingerprint density at radius 1 is 1.04 bits per heavy atom. The predicted molar refractivity (Wildman–Crippen MR) is 109 cm³/mol. The van der Waals surface area contributed by atoms with Crippen LogP contribution in [0.2, 0.25) is 0 Å². The highest BCUT2D eigenvalue weighted by atomic mass is 19.1. The normalized spacial score (nSPS) is 23.1. The van der Waals surface area contributed by atoms with Crippen molar-refractivity contribution >= 4 is 12.6 Å². The van der Waals surface area contributed by atoms with E-state index in [0.29, 0.717) is 12.1 Å². The summed E-state index contributed by atoms with van der Waals surface area (Å²) in [5.41, 5.74) is 0.854. The maximum absolute atomic E-state index is 14.8. The lowest BCUT2D eigenvalue weighted by atomic mass is 9.75. The average molecular weight is 376 g/mol. The van der Waals surface area contributed by atoms with E-state index in [1.165, 1.54) is 19.3 Å². The molecule has 1 aliphatic carbocycles. The molecule has 3 rings (SSSR count). The van der Waals surface area contributed by atoms with Crippen LogP contribution in [-0.2, 0) is 15.9 Å². The standard InChI is InChI=1S/C21H34BFN2O2/c1-19(2)20(3,4)27-22(26-19)17-10-9-16(18(23)13-17)14-25(7)15-21(24(5)6)11-8-12-21/h9-10,13H,8,11-12,14-15H2,1-7H3. The van der Waals surface area contributed by atoms with Gasteiger partial charge in [-0.2, -0.15) is 0 Å². The number of hydrogen-bond acceptors (Lipinski definition) is 4. The summed E-state index contributed by atoms with van der Waals surface area (Å²) in [5.74, 6) is -0.193. The number of benzene rings is 1. The van der Waals surface area contributed by atoms with Gasteiger partial charge in [-0.1, -0.05) is 12.1 Å². The Morgan fingerprint density at radius 2 is 1.63 bits per heavy atom. The fourth-order valence-electron chi connectivity index (χ4n) is 4.00. The van der Waals surface area contributed by atoms with Crippen molar-refractivity contribution < 1.29 is 13.7 Å². The highest BCUT2D eigenvalue weighted by Crippen LogP contribution is 2.37. The summed E-state index contributed by atoms with van der Waals surface area (Å²) in [7, 11) is 5.84. The lowest BCUT2D eigenvalue weighted by Gasteiger charge is -2.49. The van der Waals surface area contributed by atoms with Crippen molar-refractivity contribution in [2.45, 2.75) is 70.2 Å². The summed E-state index contributed by atoms with van der Waals surface area (Å²) >= 11 is 0. The van der Waals surface area contributed by atoms with Gasteiger partial charge in [-0.25, -0.2) is 4.39 Å². The van der Waals surface area contributed by atoms with Crippen LogP contribution in [0.5, 0.6) is 0 Å². The fourth-order valence-corrected chi connectivity index (χ4v) is 4.00. The zero-order valence-electron chi connectivity index (χ0n) is 17.9. The minimum Gasteiger partial charge on any atom is -0.399 e. The molecule has 1 saturated carbocycles. The van der Waals surface area contributed by atoms with Gasteiger partial charge >= 0.3 is 7.12 Å². The molecule has 1 aliphatic heterocycles. The van der Waals surface area contributed by atoms with E-state index in [1.807, 2.05) is 39.8 Å². The molecule has 0 spiro atoms. The molecule has 2 fully saturated rings. The first-order valence-electron chi connectivity index (χ1n) is 9.96. The van der Waals surface area contributed by atoms with Crippen molar-refractivity contribution in [3.63, 3.8) is 0 Å². The van der Waals surface area contributed by atoms with E-state index in [4.69, 9.17) is 9.31 Å². The highest BCUT2D eigenvalue weighted by Gasteiger charge is 2.51. The van der Waals surface area contributed by atoms with Crippen molar-refractivity contribution in [1.82, 2.24) is 9.80 Å². The maximum Gasteiger partial charge on any atom is 0.494 e. The van der Waals surface area contributed by atoms with E-state index < -0.39 is 18.3 Å². The Balaban J connectivity index is 1.67. The van der Waals surface area contributed by atoms with Crippen molar-refractivity contribution in [3.05, 3.63) is 29.6 Å². The smallest absolute Gasteiger partial charge is 0.399 e. The molecule has 1 heterocycles. The topological polar surface area (TPSA) is 24.9 Å². The molecule has 0 bridgehead atoms. The van der Waals surface area contributed by atoms with Gasteiger partial charge in [0.2, 0.25) is 0 Å². The van der Waals surface area contributed by atoms with Crippen molar-refractivity contribution in [2.75, 3.05) is 27.7 Å². The first-order chi connectivity index (χ1) is 12.5. The quantitative estimate of drug-likeness (QED) is 0.713. The third-order valence-corrected chi connectivity index (χ3v) is 6.84. The van der Waals surface area contributed by atoms with Crippen LogP contribution in [0.15, 0.2) is 18.2 Å². The summed E-state index contributed by atoms with van der Waals surface area (Å²) in [5, 5.41) is 0. The Bertz CT molecular complexity index is 673. The van der Waals surface area contributed by atoms with Gasteiger partial charge in [0.15, 0.2) is 0 Å². The summed E-state index contributed by atoms with van der Waals surface area (Å²) in [6.07, 6.45) is 3.71. The van der Waals surface area contributed by atoms with E-state index >= 15 is 0 Å². The summed E-state index contributed by atoms with van der Waals surface area (Å²) < 4.78 is 26.9. The average Bonchev–Trinajstić information content (AvgIpc) is 2.73. The molecular formula is C21H34BFN2O2. The Labute approximate surface area is 164 Å². The van der Waals surface area contributed by atoms with Crippen LogP contribution >= 0.6 is 0 Å². The molecule has 150 valence electrons. The van der Waals surface area contributed by atoms with Crippen LogP contribution in [0.1, 0.15) is 52.5 Å². The van der Waals surface area contributed by atoms with Crippen molar-refractivity contribution in [1.29, 1.82) is 0 Å². The second-order valence-electron chi connectivity index (χ2n) is 9.58. The molecule has 0 unspecified atom stereocenters. The zero-order valence-corrected chi connectivity index (χ0v) is 17.9. The lowest BCUT2D eigenvalue weighted by molar-refractivity contribution is 0.00578. The molecule has 6 heteroatoms. The second kappa shape index (κ2) is 7.14. The number of nitrogens with zero attached hydrogens (tertiary/aromatic N) is 2. The minimum absolute atomic E-state index is 0.193. The molecule has 0 amide bonds. The van der Waals surface area contributed by atoms with Gasteiger partial charge in [0, 0.05) is 24.2 Å². The summed E-state index contributed by atoms with van der Waals surface area (Å²) in [6.45, 7) is 9.59. The monoisotopic (exact) mass is 376 g/mol. The van der Waals surface area contributed by atoms with E-state index in [9.17, 15) is 4.39 Å². The third-order valence-electron chi connectivity index (χ3n) is 6.84. The van der Waals surface area contributed by atoms with Crippen molar-refractivity contribution in [3.8, 4) is 0 Å². The van der Waals surface area contributed by atoms with E-state index in [2.05, 4.69) is 30.9 Å². The molecule has 0 N–H and O–H groups in total. The Morgan fingerprint density at radius 3 is 2.07 bits per heavy atom. The third kappa shape index (κ3) is 3.95. The number of halogens is 1. The largest absolute Gasteiger partial charge is 0.494 e. The van der Waals surface area contributed by atoms with Crippen LogP contribution in [0, 0.1) is 5.82 Å². The second-order valence-corrected chi connectivity index (χ2v) is 9.58. The van der Waals surface area contributed by atoms with Crippen LogP contribution in [-0.4, -0.2) is 61.3 Å². The summed E-state index contributed by atoms with van der Waals surface area (Å²) in [6, 6.07) is 5.37. The van der Waals surface area contributed by atoms with Gasteiger partial charge in [-0.15, -0.1) is 0 Å². The molecule has 1 saturated heterocycles. The van der Waals surface area contributed by atoms with E-state index in [-0.39, 0.29) is 11.4 Å². The maximum atomic E-state index is 14.8. The molecule has 4 nitrogen and oxygen atoms in total. The molecule has 0 aromatic heterocycles. The van der Waals surface area contributed by atoms with Crippen LogP contribution in [0.4, 0.5) is 4.39 Å². The molecule has 2 aliphatic rings. The SMILES string of the molecule is CN(Cc1ccc(B2OC(C)(C)C(C)(C)O2)cc1F)CC1(N(C)C)CCC1. The van der Waals surface area contributed by atoms with Gasteiger partial charge in [-0.3, -0.25) is 0 Å². The zero-order chi connectivity index (χ0) is 20.0. The lowest BCUT2D eigenvalue weighted by Crippen LogP contribution is -2.56. The number of hydrogen-bond donors (Lipinski definition) is 0. The van der Waals surface area contributed by atoms with Gasteiger partial charge in [0.05, 0.1) is 11.2 Å². The van der Waals surface area contributed by atoms with Crippen LogP contribution in [0.3, 0.4) is 0 Å². The predicted octanol–water partition coefficient (Wildman–Crippen LogP) is 3.04. The van der Waals surface area contributed by atoms with Crippen molar-refractivity contribution in [2.24, 2.45) is 0 Å². The number of likely N-dealkylation sites (N-methyl/N-ethyl adjacent to an activating group) is 2. The number of rotatable bonds is 6. The van der Waals surface area contributed by atoms with Crippen LogP contribution in [0.25, 0.3) is 0 Å². The van der Waals surface area contributed by atoms with Crippen LogP contribution < -0.4 is 5.46 Å². The van der Waals surface area contributed by atoms with E-state index in [0.717, 1.165) is 12.0 Å². The van der Waals surface area contributed by atoms with Gasteiger partial charge in [0.1, 0.15) is 5.82 Å². The molecule has 0 radical (unpaired) electrons. The Hall–Kier alpha value is -0.945. The molecule has 1 aromatic rings.